The van der Waals surface area contributed by atoms with Crippen molar-refractivity contribution >= 4 is 33.2 Å². The number of carbonyl (C=O) groups is 1. The molecule has 0 spiro atoms. The maximum absolute atomic E-state index is 14.4. The number of rotatable bonds is 2. The third-order valence-corrected chi connectivity index (χ3v) is 9.32. The number of sulfonamides is 1. The van der Waals surface area contributed by atoms with Gasteiger partial charge in [-0.15, -0.1) is 0 Å². The molecular formula is C27H34FN7O4S. The molecule has 2 aromatic heterocycles. The molecule has 6 rings (SSSR count). The van der Waals surface area contributed by atoms with Crippen molar-refractivity contribution in [2.24, 2.45) is 0 Å². The highest BCUT2D eigenvalue weighted by Gasteiger charge is 2.33. The van der Waals surface area contributed by atoms with Gasteiger partial charge in [0.05, 0.1) is 23.6 Å². The van der Waals surface area contributed by atoms with Crippen molar-refractivity contribution in [1.29, 1.82) is 0 Å². The van der Waals surface area contributed by atoms with Crippen molar-refractivity contribution < 1.29 is 22.3 Å². The molecule has 5 heterocycles. The van der Waals surface area contributed by atoms with Crippen LogP contribution < -0.4 is 14.5 Å². The van der Waals surface area contributed by atoms with Gasteiger partial charge in [-0.2, -0.15) is 13.9 Å². The average Bonchev–Trinajstić information content (AvgIpc) is 3.32. The minimum Gasteiger partial charge on any atom is -0.491 e. The number of ether oxygens (including phenoxy) is 1. The fourth-order valence-corrected chi connectivity index (χ4v) is 6.43. The van der Waals surface area contributed by atoms with Gasteiger partial charge in [-0.3, -0.25) is 4.79 Å². The number of piperidine rings is 1. The molecule has 1 unspecified atom stereocenters. The van der Waals surface area contributed by atoms with Crippen molar-refractivity contribution in [3.05, 3.63) is 47.4 Å². The highest BCUT2D eigenvalue weighted by molar-refractivity contribution is 7.88. The van der Waals surface area contributed by atoms with Gasteiger partial charge in [-0.1, -0.05) is 0 Å². The van der Waals surface area contributed by atoms with Crippen molar-refractivity contribution in [2.45, 2.75) is 31.7 Å². The van der Waals surface area contributed by atoms with E-state index in [9.17, 15) is 17.6 Å². The minimum absolute atomic E-state index is 0.0190. The Hall–Kier alpha value is -3.45. The zero-order valence-electron chi connectivity index (χ0n) is 22.8. The lowest BCUT2D eigenvalue weighted by molar-refractivity contribution is 0.0600. The lowest BCUT2D eigenvalue weighted by Gasteiger charge is -2.35. The third-order valence-electron chi connectivity index (χ3n) is 8.01. The number of aromatic nitrogens is 3. The Morgan fingerprint density at radius 1 is 1.00 bits per heavy atom. The number of halogens is 1. The molecule has 2 fully saturated rings. The summed E-state index contributed by atoms with van der Waals surface area (Å²) >= 11 is 0. The largest absolute Gasteiger partial charge is 0.491 e. The van der Waals surface area contributed by atoms with Crippen LogP contribution in [-0.2, 0) is 10.0 Å². The van der Waals surface area contributed by atoms with Gasteiger partial charge in [-0.05, 0) is 43.9 Å². The maximum atomic E-state index is 14.4. The van der Waals surface area contributed by atoms with Gasteiger partial charge in [-0.25, -0.2) is 17.8 Å². The third kappa shape index (κ3) is 5.07. The van der Waals surface area contributed by atoms with E-state index in [1.807, 2.05) is 24.1 Å². The van der Waals surface area contributed by atoms with Gasteiger partial charge >= 0.3 is 0 Å². The monoisotopic (exact) mass is 571 g/mol. The number of hydrogen-bond acceptors (Lipinski definition) is 8. The predicted octanol–water partition coefficient (Wildman–Crippen LogP) is 2.54. The van der Waals surface area contributed by atoms with Crippen molar-refractivity contribution in [3.63, 3.8) is 0 Å². The van der Waals surface area contributed by atoms with Crippen LogP contribution in [0, 0.1) is 5.82 Å². The van der Waals surface area contributed by atoms with E-state index < -0.39 is 15.8 Å². The van der Waals surface area contributed by atoms with E-state index in [0.29, 0.717) is 18.7 Å². The van der Waals surface area contributed by atoms with Gasteiger partial charge in [0.15, 0.2) is 5.65 Å². The predicted molar refractivity (Wildman–Crippen MR) is 149 cm³/mol. The lowest BCUT2D eigenvalue weighted by atomic mass is 9.98. The van der Waals surface area contributed by atoms with Crippen LogP contribution in [0.4, 0.5) is 16.0 Å². The second-order valence-electron chi connectivity index (χ2n) is 10.7. The molecule has 2 saturated heterocycles. The van der Waals surface area contributed by atoms with Gasteiger partial charge in [0.25, 0.3) is 5.91 Å². The molecule has 40 heavy (non-hydrogen) atoms. The number of amides is 1. The van der Waals surface area contributed by atoms with Gasteiger partial charge < -0.3 is 19.4 Å². The normalized spacial score (nSPS) is 21.2. The fourth-order valence-electron chi connectivity index (χ4n) is 5.61. The van der Waals surface area contributed by atoms with Crippen LogP contribution in [-0.4, -0.2) is 97.3 Å². The summed E-state index contributed by atoms with van der Waals surface area (Å²) in [7, 11) is -1.63. The molecule has 0 N–H and O–H groups in total. The Labute approximate surface area is 233 Å². The van der Waals surface area contributed by atoms with Gasteiger partial charge in [0.2, 0.25) is 10.0 Å². The van der Waals surface area contributed by atoms with E-state index in [1.54, 1.807) is 9.42 Å². The first-order valence-electron chi connectivity index (χ1n) is 13.7. The molecular weight excluding hydrogens is 537 g/mol. The summed E-state index contributed by atoms with van der Waals surface area (Å²) in [5, 5.41) is 4.94. The first kappa shape index (κ1) is 26.8. The summed E-state index contributed by atoms with van der Waals surface area (Å²) in [5.74, 6) is 0.983. The first-order chi connectivity index (χ1) is 19.2. The average molecular weight is 572 g/mol. The number of hydrogen-bond donors (Lipinski definition) is 0. The Morgan fingerprint density at radius 2 is 1.82 bits per heavy atom. The molecule has 1 amide bonds. The zero-order valence-corrected chi connectivity index (χ0v) is 23.6. The first-order valence-corrected chi connectivity index (χ1v) is 15.6. The van der Waals surface area contributed by atoms with Crippen LogP contribution in [0.2, 0.25) is 0 Å². The molecule has 0 aliphatic carbocycles. The van der Waals surface area contributed by atoms with E-state index in [2.05, 4.69) is 4.90 Å². The zero-order chi connectivity index (χ0) is 28.0. The van der Waals surface area contributed by atoms with Gasteiger partial charge in [0, 0.05) is 58.4 Å². The lowest BCUT2D eigenvalue weighted by Crippen LogP contribution is -2.41. The summed E-state index contributed by atoms with van der Waals surface area (Å²) < 4.78 is 48.7. The summed E-state index contributed by atoms with van der Waals surface area (Å²) in [6.07, 6.45) is 4.77. The smallest absolute Gasteiger partial charge is 0.258 e. The van der Waals surface area contributed by atoms with E-state index >= 15 is 0 Å². The summed E-state index contributed by atoms with van der Waals surface area (Å²) in [6, 6.07) is 7.49. The summed E-state index contributed by atoms with van der Waals surface area (Å²) in [4.78, 5) is 24.7. The minimum atomic E-state index is -3.54. The molecule has 1 atom stereocenters. The molecule has 1 aromatic carbocycles. The van der Waals surface area contributed by atoms with Crippen LogP contribution in [0.1, 0.15) is 47.8 Å². The van der Waals surface area contributed by atoms with E-state index in [1.165, 1.54) is 28.8 Å². The standard InChI is InChI=1S/C27H34FN7O4S/c1-31-12-13-33(40(2,37)38)14-15-39-23-8-7-19(28)16-20(23)27(36)34-11-4-3-6-22(34)21-17-25-29-24(32-9-5-10-32)18-26(31)35(25)30-21/h7-8,16-18,22H,3-6,9-15H2,1-2H3. The summed E-state index contributed by atoms with van der Waals surface area (Å²) in [5.41, 5.74) is 1.50. The van der Waals surface area contributed by atoms with Crippen molar-refractivity contribution in [1.82, 2.24) is 23.8 Å². The fraction of sp³-hybridized carbons (Fsp3) is 0.519. The Kier molecular flexibility index (Phi) is 7.03. The molecule has 0 radical (unpaired) electrons. The Balaban J connectivity index is 1.48. The van der Waals surface area contributed by atoms with Crippen molar-refractivity contribution in [3.8, 4) is 5.75 Å². The number of carbonyl (C=O) groups excluding carboxylic acids is 1. The SMILES string of the molecule is CN1CCN(S(C)(=O)=O)CCOc2ccc(F)cc2C(=O)N2CCCCC2c2cc3nc(N4CCC4)cc1n3n2. The van der Waals surface area contributed by atoms with Gasteiger partial charge in [0.1, 0.15) is 29.8 Å². The van der Waals surface area contributed by atoms with Crippen LogP contribution in [0.3, 0.4) is 0 Å². The summed E-state index contributed by atoms with van der Waals surface area (Å²) in [6.45, 7) is 3.10. The highest BCUT2D eigenvalue weighted by atomic mass is 32.2. The Morgan fingerprint density at radius 3 is 2.58 bits per heavy atom. The van der Waals surface area contributed by atoms with Crippen LogP contribution in [0.15, 0.2) is 30.3 Å². The van der Waals surface area contributed by atoms with Crippen LogP contribution in [0.5, 0.6) is 5.75 Å². The molecule has 11 nitrogen and oxygen atoms in total. The van der Waals surface area contributed by atoms with E-state index in [4.69, 9.17) is 14.8 Å². The maximum Gasteiger partial charge on any atom is 0.258 e. The highest BCUT2D eigenvalue weighted by Crippen LogP contribution is 2.35. The van der Waals surface area contributed by atoms with Crippen LogP contribution >= 0.6 is 0 Å². The van der Waals surface area contributed by atoms with E-state index in [0.717, 1.165) is 56.1 Å². The number of likely N-dealkylation sites (N-methyl/N-ethyl adjacent to an activating group) is 1. The quantitative estimate of drug-likeness (QED) is 0.463. The molecule has 3 aliphatic rings. The number of fused-ring (bicyclic) bond motifs is 4. The topological polar surface area (TPSA) is 104 Å². The molecule has 214 valence electrons. The Bertz CT molecular complexity index is 1540. The number of anilines is 2. The molecule has 3 aliphatic heterocycles. The van der Waals surface area contributed by atoms with E-state index in [-0.39, 0.29) is 43.0 Å². The number of nitrogens with zero attached hydrogens (tertiary/aromatic N) is 7. The second kappa shape index (κ2) is 10.5. The molecule has 13 heteroatoms. The second-order valence-corrected chi connectivity index (χ2v) is 12.7. The number of benzene rings is 1. The van der Waals surface area contributed by atoms with Crippen LogP contribution in [0.25, 0.3) is 5.65 Å². The molecule has 2 bridgehead atoms. The van der Waals surface area contributed by atoms with Crippen molar-refractivity contribution in [2.75, 3.05) is 69.0 Å². The molecule has 3 aromatic rings. The molecule has 0 saturated carbocycles.